The van der Waals surface area contributed by atoms with Crippen molar-refractivity contribution in [3.8, 4) is 0 Å². The molecular formula is C18H20N4O2. The second-order valence-electron chi connectivity index (χ2n) is 5.80. The molecule has 1 saturated heterocycles. The highest BCUT2D eigenvalue weighted by atomic mass is 16.2. The molecule has 0 aliphatic carbocycles. The van der Waals surface area contributed by atoms with Crippen LogP contribution in [-0.4, -0.2) is 48.4 Å². The number of aryl methyl sites for hydroxylation is 1. The van der Waals surface area contributed by atoms with Crippen LogP contribution in [0.5, 0.6) is 0 Å². The van der Waals surface area contributed by atoms with Gasteiger partial charge in [-0.05, 0) is 30.7 Å². The number of nitrogens with one attached hydrogen (secondary N) is 1. The van der Waals surface area contributed by atoms with Gasteiger partial charge in [0.25, 0.3) is 5.91 Å². The number of para-hydroxylation sites is 1. The Hall–Kier alpha value is -2.89. The molecule has 0 unspecified atom stereocenters. The molecule has 1 aliphatic heterocycles. The van der Waals surface area contributed by atoms with Crippen molar-refractivity contribution < 1.29 is 9.59 Å². The third kappa shape index (κ3) is 3.53. The van der Waals surface area contributed by atoms with Gasteiger partial charge in [0.1, 0.15) is 5.69 Å². The first-order valence-corrected chi connectivity index (χ1v) is 7.95. The maximum absolute atomic E-state index is 12.5. The highest BCUT2D eigenvalue weighted by Gasteiger charge is 2.17. The number of rotatable bonds is 4. The molecule has 3 rings (SSSR count). The molecule has 2 amide bonds. The monoisotopic (exact) mass is 324 g/mol. The summed E-state index contributed by atoms with van der Waals surface area (Å²) < 4.78 is 0. The number of nitrogens with zero attached hydrogens (tertiary/aromatic N) is 3. The zero-order chi connectivity index (χ0) is 16.9. The van der Waals surface area contributed by atoms with E-state index in [1.807, 2.05) is 37.3 Å². The Morgan fingerprint density at radius 2 is 1.92 bits per heavy atom. The van der Waals surface area contributed by atoms with Gasteiger partial charge in [0.2, 0.25) is 6.41 Å². The van der Waals surface area contributed by atoms with Gasteiger partial charge in [-0.25, -0.2) is 0 Å². The van der Waals surface area contributed by atoms with E-state index in [0.29, 0.717) is 18.8 Å². The predicted octanol–water partition coefficient (Wildman–Crippen LogP) is 1.92. The zero-order valence-corrected chi connectivity index (χ0v) is 13.6. The second kappa shape index (κ2) is 7.12. The third-order valence-electron chi connectivity index (χ3n) is 4.20. The molecule has 0 bridgehead atoms. The molecule has 1 aromatic heterocycles. The Bertz CT molecular complexity index is 739. The number of amides is 2. The van der Waals surface area contributed by atoms with E-state index in [1.54, 1.807) is 17.2 Å². The van der Waals surface area contributed by atoms with Crippen molar-refractivity contribution >= 4 is 23.7 Å². The molecule has 1 aliphatic rings. The van der Waals surface area contributed by atoms with Crippen molar-refractivity contribution in [2.75, 3.05) is 36.4 Å². The predicted molar refractivity (Wildman–Crippen MR) is 93.2 cm³/mol. The normalized spacial score (nSPS) is 14.4. The minimum Gasteiger partial charge on any atom is -0.368 e. The van der Waals surface area contributed by atoms with Crippen molar-refractivity contribution in [1.29, 1.82) is 0 Å². The van der Waals surface area contributed by atoms with Crippen LogP contribution in [0.15, 0.2) is 42.6 Å². The summed E-state index contributed by atoms with van der Waals surface area (Å²) in [5.41, 5.74) is 3.13. The molecule has 6 heteroatoms. The number of anilines is 2. The molecule has 0 spiro atoms. The van der Waals surface area contributed by atoms with Gasteiger partial charge in [-0.3, -0.25) is 14.6 Å². The van der Waals surface area contributed by atoms with E-state index in [0.717, 1.165) is 36.4 Å². The maximum atomic E-state index is 12.5. The number of benzene rings is 1. The summed E-state index contributed by atoms with van der Waals surface area (Å²) >= 11 is 0. The van der Waals surface area contributed by atoms with Gasteiger partial charge in [-0.15, -0.1) is 0 Å². The Labute approximate surface area is 141 Å². The average molecular weight is 324 g/mol. The van der Waals surface area contributed by atoms with Crippen LogP contribution in [0.4, 0.5) is 11.4 Å². The van der Waals surface area contributed by atoms with E-state index < -0.39 is 0 Å². The number of pyridine rings is 1. The minimum absolute atomic E-state index is 0.224. The molecule has 2 heterocycles. The van der Waals surface area contributed by atoms with E-state index in [4.69, 9.17) is 0 Å². The molecule has 124 valence electrons. The molecule has 0 radical (unpaired) electrons. The van der Waals surface area contributed by atoms with Crippen molar-refractivity contribution in [2.45, 2.75) is 6.92 Å². The first kappa shape index (κ1) is 16.0. The van der Waals surface area contributed by atoms with E-state index >= 15 is 0 Å². The number of piperazine rings is 1. The molecular weight excluding hydrogens is 304 g/mol. The summed E-state index contributed by atoms with van der Waals surface area (Å²) in [5.74, 6) is -0.224. The molecule has 6 nitrogen and oxygen atoms in total. The fourth-order valence-corrected chi connectivity index (χ4v) is 2.73. The van der Waals surface area contributed by atoms with Crippen LogP contribution in [-0.2, 0) is 4.79 Å². The van der Waals surface area contributed by atoms with Gasteiger partial charge in [0, 0.05) is 43.8 Å². The highest BCUT2D eigenvalue weighted by molar-refractivity contribution is 6.03. The Kier molecular flexibility index (Phi) is 4.74. The number of carbonyl (C=O) groups excluding carboxylic acids is 2. The average Bonchev–Trinajstić information content (AvgIpc) is 2.64. The Balaban J connectivity index is 1.72. The molecule has 24 heavy (non-hydrogen) atoms. The quantitative estimate of drug-likeness (QED) is 0.873. The first-order chi connectivity index (χ1) is 11.7. The van der Waals surface area contributed by atoms with Gasteiger partial charge >= 0.3 is 0 Å². The lowest BCUT2D eigenvalue weighted by atomic mass is 10.2. The molecule has 2 aromatic rings. The number of aromatic nitrogens is 1. The van der Waals surface area contributed by atoms with E-state index in [9.17, 15) is 9.59 Å². The largest absolute Gasteiger partial charge is 0.368 e. The molecule has 1 N–H and O–H groups in total. The van der Waals surface area contributed by atoms with E-state index in [2.05, 4.69) is 15.2 Å². The second-order valence-corrected chi connectivity index (χ2v) is 5.80. The lowest BCUT2D eigenvalue weighted by Crippen LogP contribution is -2.45. The number of hydrogen-bond donors (Lipinski definition) is 1. The molecule has 1 aromatic carbocycles. The number of hydrogen-bond acceptors (Lipinski definition) is 4. The van der Waals surface area contributed by atoms with Crippen molar-refractivity contribution in [3.63, 3.8) is 0 Å². The van der Waals surface area contributed by atoms with E-state index in [1.165, 1.54) is 0 Å². The molecule has 0 atom stereocenters. The lowest BCUT2D eigenvalue weighted by molar-refractivity contribution is -0.118. The van der Waals surface area contributed by atoms with Crippen molar-refractivity contribution in [1.82, 2.24) is 9.88 Å². The highest BCUT2D eigenvalue weighted by Crippen LogP contribution is 2.18. The maximum Gasteiger partial charge on any atom is 0.274 e. The van der Waals surface area contributed by atoms with Gasteiger partial charge < -0.3 is 15.1 Å². The smallest absolute Gasteiger partial charge is 0.274 e. The fraction of sp³-hybridized carbons (Fsp3) is 0.278. The summed E-state index contributed by atoms with van der Waals surface area (Å²) in [7, 11) is 0. The van der Waals surface area contributed by atoms with Gasteiger partial charge in [0.05, 0.1) is 0 Å². The first-order valence-electron chi connectivity index (χ1n) is 7.95. The minimum atomic E-state index is -0.224. The van der Waals surface area contributed by atoms with E-state index in [-0.39, 0.29) is 5.91 Å². The van der Waals surface area contributed by atoms with Gasteiger partial charge in [-0.2, -0.15) is 0 Å². The zero-order valence-electron chi connectivity index (χ0n) is 13.6. The summed E-state index contributed by atoms with van der Waals surface area (Å²) in [6, 6.07) is 11.3. The van der Waals surface area contributed by atoms with Crippen LogP contribution < -0.4 is 10.2 Å². The fourth-order valence-electron chi connectivity index (χ4n) is 2.73. The van der Waals surface area contributed by atoms with Gasteiger partial charge in [0.15, 0.2) is 0 Å². The summed E-state index contributed by atoms with van der Waals surface area (Å²) in [6.07, 6.45) is 2.53. The standard InChI is InChI=1S/C18H20N4O2/c1-14-4-2-3-5-16(14)20-18(24)17-12-15(6-7-19-17)22-10-8-21(13-23)9-11-22/h2-7,12-13H,8-11H2,1H3,(H,20,24). The van der Waals surface area contributed by atoms with Crippen molar-refractivity contribution in [2.24, 2.45) is 0 Å². The Morgan fingerprint density at radius 3 is 2.62 bits per heavy atom. The third-order valence-corrected chi connectivity index (χ3v) is 4.20. The number of carbonyl (C=O) groups is 2. The summed E-state index contributed by atoms with van der Waals surface area (Å²) in [4.78, 5) is 31.3. The van der Waals surface area contributed by atoms with Crippen LogP contribution in [0.1, 0.15) is 16.1 Å². The topological polar surface area (TPSA) is 65.5 Å². The molecule has 0 saturated carbocycles. The molecule has 1 fully saturated rings. The lowest BCUT2D eigenvalue weighted by Gasteiger charge is -2.34. The van der Waals surface area contributed by atoms with Crippen LogP contribution in [0.25, 0.3) is 0 Å². The van der Waals surface area contributed by atoms with Crippen LogP contribution in [0, 0.1) is 6.92 Å². The van der Waals surface area contributed by atoms with Crippen molar-refractivity contribution in [3.05, 3.63) is 53.9 Å². The Morgan fingerprint density at radius 1 is 1.17 bits per heavy atom. The van der Waals surface area contributed by atoms with Crippen LogP contribution in [0.3, 0.4) is 0 Å². The SMILES string of the molecule is Cc1ccccc1NC(=O)c1cc(N2CCN(C=O)CC2)ccn1. The van der Waals surface area contributed by atoms with Crippen LogP contribution in [0.2, 0.25) is 0 Å². The summed E-state index contributed by atoms with van der Waals surface area (Å²) in [6.45, 7) is 4.84. The summed E-state index contributed by atoms with van der Waals surface area (Å²) in [5, 5.41) is 2.90. The van der Waals surface area contributed by atoms with Gasteiger partial charge in [-0.1, -0.05) is 18.2 Å². The van der Waals surface area contributed by atoms with Crippen LogP contribution >= 0.6 is 0 Å².